The third kappa shape index (κ3) is 5.12. The van der Waals surface area contributed by atoms with Gasteiger partial charge in [0.25, 0.3) is 0 Å². The number of hydrogen-bond acceptors (Lipinski definition) is 3. The second-order valence-corrected chi connectivity index (χ2v) is 7.65. The molecule has 0 amide bonds. The van der Waals surface area contributed by atoms with Crippen molar-refractivity contribution in [1.29, 1.82) is 0 Å². The van der Waals surface area contributed by atoms with Crippen molar-refractivity contribution < 1.29 is 9.53 Å². The number of ketones is 1. The van der Waals surface area contributed by atoms with Crippen molar-refractivity contribution in [3.8, 4) is 5.75 Å². The first kappa shape index (κ1) is 17.0. The fourth-order valence-corrected chi connectivity index (χ4v) is 1.71. The number of nitrogens with zero attached hydrogens (tertiary/aromatic N) is 1. The van der Waals surface area contributed by atoms with Gasteiger partial charge >= 0.3 is 0 Å². The molecule has 0 bridgehead atoms. The van der Waals surface area contributed by atoms with Gasteiger partial charge in [-0.1, -0.05) is 53.1 Å². The Morgan fingerprint density at radius 1 is 1.25 bits per heavy atom. The summed E-state index contributed by atoms with van der Waals surface area (Å²) in [6.07, 6.45) is 2.45. The Bertz CT molecular complexity index is 484. The quantitative estimate of drug-likeness (QED) is 0.751. The van der Waals surface area contributed by atoms with Gasteiger partial charge in [-0.3, -0.25) is 4.79 Å². The van der Waals surface area contributed by atoms with E-state index in [0.29, 0.717) is 23.1 Å². The van der Waals surface area contributed by atoms with E-state index in [-0.39, 0.29) is 11.2 Å². The third-order valence-corrected chi connectivity index (χ3v) is 3.14. The van der Waals surface area contributed by atoms with Crippen molar-refractivity contribution in [1.82, 2.24) is 4.98 Å². The average molecular weight is 298 g/mol. The molecule has 0 aliphatic carbocycles. The SMILES string of the molecule is CC(C)(C)CCOc1cnc(C(=O)C(C)(C)C)cc1Cl. The van der Waals surface area contributed by atoms with Crippen LogP contribution in [0.15, 0.2) is 12.3 Å². The molecule has 1 rings (SSSR count). The van der Waals surface area contributed by atoms with E-state index in [4.69, 9.17) is 16.3 Å². The zero-order chi connectivity index (χ0) is 15.6. The number of rotatable bonds is 4. The summed E-state index contributed by atoms with van der Waals surface area (Å²) in [4.78, 5) is 16.3. The highest BCUT2D eigenvalue weighted by Crippen LogP contribution is 2.28. The van der Waals surface area contributed by atoms with Crippen LogP contribution >= 0.6 is 11.6 Å². The minimum absolute atomic E-state index is 0.0272. The number of carbonyl (C=O) groups is 1. The highest BCUT2D eigenvalue weighted by atomic mass is 35.5. The van der Waals surface area contributed by atoms with Crippen molar-refractivity contribution in [3.05, 3.63) is 23.0 Å². The number of ether oxygens (including phenoxy) is 1. The van der Waals surface area contributed by atoms with Crippen molar-refractivity contribution in [3.63, 3.8) is 0 Å². The number of carbonyl (C=O) groups excluding carboxylic acids is 1. The van der Waals surface area contributed by atoms with Crippen molar-refractivity contribution in [2.75, 3.05) is 6.61 Å². The van der Waals surface area contributed by atoms with Crippen LogP contribution in [0.2, 0.25) is 5.02 Å². The van der Waals surface area contributed by atoms with Crippen LogP contribution in [0.5, 0.6) is 5.75 Å². The lowest BCUT2D eigenvalue weighted by Crippen LogP contribution is -2.21. The predicted octanol–water partition coefficient (Wildman–Crippen LogP) is 4.78. The fraction of sp³-hybridized carbons (Fsp3) is 0.625. The predicted molar refractivity (Wildman–Crippen MR) is 82.6 cm³/mol. The molecule has 0 atom stereocenters. The van der Waals surface area contributed by atoms with Crippen LogP contribution in [-0.2, 0) is 0 Å². The Morgan fingerprint density at radius 2 is 1.85 bits per heavy atom. The molecule has 0 aliphatic heterocycles. The minimum atomic E-state index is -0.467. The lowest BCUT2D eigenvalue weighted by atomic mass is 9.89. The van der Waals surface area contributed by atoms with Gasteiger partial charge in [-0.15, -0.1) is 0 Å². The van der Waals surface area contributed by atoms with Crippen molar-refractivity contribution in [2.24, 2.45) is 10.8 Å². The summed E-state index contributed by atoms with van der Waals surface area (Å²) >= 11 is 6.16. The summed E-state index contributed by atoms with van der Waals surface area (Å²) in [6, 6.07) is 1.58. The summed E-state index contributed by atoms with van der Waals surface area (Å²) in [6.45, 7) is 12.6. The van der Waals surface area contributed by atoms with Crippen molar-refractivity contribution in [2.45, 2.75) is 48.0 Å². The number of pyridine rings is 1. The molecule has 0 aliphatic rings. The fourth-order valence-electron chi connectivity index (χ4n) is 1.50. The summed E-state index contributed by atoms with van der Waals surface area (Å²) in [5.41, 5.74) is 0.123. The zero-order valence-corrected chi connectivity index (χ0v) is 14.0. The Morgan fingerprint density at radius 3 is 2.30 bits per heavy atom. The maximum Gasteiger partial charge on any atom is 0.186 e. The molecule has 0 aromatic carbocycles. The molecule has 0 saturated heterocycles. The molecular weight excluding hydrogens is 274 g/mol. The highest BCUT2D eigenvalue weighted by molar-refractivity contribution is 6.32. The second kappa shape index (κ2) is 6.13. The van der Waals surface area contributed by atoms with E-state index >= 15 is 0 Å². The zero-order valence-electron chi connectivity index (χ0n) is 13.2. The molecule has 4 heteroatoms. The van der Waals surface area contributed by atoms with E-state index in [1.807, 2.05) is 20.8 Å². The van der Waals surface area contributed by atoms with Gasteiger partial charge in [0.1, 0.15) is 5.69 Å². The van der Waals surface area contributed by atoms with Crippen LogP contribution < -0.4 is 4.74 Å². The molecule has 20 heavy (non-hydrogen) atoms. The lowest BCUT2D eigenvalue weighted by molar-refractivity contribution is 0.0853. The second-order valence-electron chi connectivity index (χ2n) is 7.24. The minimum Gasteiger partial charge on any atom is -0.490 e. The molecule has 112 valence electrons. The van der Waals surface area contributed by atoms with Gasteiger partial charge in [-0.05, 0) is 17.9 Å². The van der Waals surface area contributed by atoms with E-state index in [9.17, 15) is 4.79 Å². The Balaban J connectivity index is 2.77. The maximum absolute atomic E-state index is 12.1. The number of hydrogen-bond donors (Lipinski definition) is 0. The summed E-state index contributed by atoms with van der Waals surface area (Å²) in [5.74, 6) is 0.502. The van der Waals surface area contributed by atoms with Gasteiger partial charge in [-0.2, -0.15) is 0 Å². The van der Waals surface area contributed by atoms with Gasteiger partial charge < -0.3 is 4.74 Å². The average Bonchev–Trinajstić information content (AvgIpc) is 2.27. The van der Waals surface area contributed by atoms with Crippen LogP contribution in [0.25, 0.3) is 0 Å². The molecule has 1 aromatic rings. The molecule has 0 radical (unpaired) electrons. The molecule has 1 aromatic heterocycles. The smallest absolute Gasteiger partial charge is 0.186 e. The first-order valence-electron chi connectivity index (χ1n) is 6.84. The van der Waals surface area contributed by atoms with Crippen LogP contribution in [-0.4, -0.2) is 17.4 Å². The van der Waals surface area contributed by atoms with E-state index in [1.54, 1.807) is 6.07 Å². The normalized spacial score (nSPS) is 12.3. The molecule has 3 nitrogen and oxygen atoms in total. The van der Waals surface area contributed by atoms with Gasteiger partial charge in [-0.25, -0.2) is 4.98 Å². The molecule has 0 unspecified atom stereocenters. The topological polar surface area (TPSA) is 39.2 Å². The third-order valence-electron chi connectivity index (χ3n) is 2.84. The number of aromatic nitrogens is 1. The summed E-state index contributed by atoms with van der Waals surface area (Å²) in [5, 5.41) is 0.432. The molecule has 1 heterocycles. The molecule has 0 N–H and O–H groups in total. The van der Waals surface area contributed by atoms with Crippen LogP contribution in [0, 0.1) is 10.8 Å². The lowest BCUT2D eigenvalue weighted by Gasteiger charge is -2.19. The van der Waals surface area contributed by atoms with Gasteiger partial charge in [0.05, 0.1) is 17.8 Å². The molecule has 0 fully saturated rings. The summed E-state index contributed by atoms with van der Waals surface area (Å²) < 4.78 is 5.63. The largest absolute Gasteiger partial charge is 0.490 e. The monoisotopic (exact) mass is 297 g/mol. The van der Waals surface area contributed by atoms with E-state index in [0.717, 1.165) is 6.42 Å². The first-order valence-corrected chi connectivity index (χ1v) is 7.22. The van der Waals surface area contributed by atoms with Gasteiger partial charge in [0.2, 0.25) is 0 Å². The van der Waals surface area contributed by atoms with Gasteiger partial charge in [0.15, 0.2) is 11.5 Å². The van der Waals surface area contributed by atoms with Gasteiger partial charge in [0, 0.05) is 5.41 Å². The summed E-state index contributed by atoms with van der Waals surface area (Å²) in [7, 11) is 0. The van der Waals surface area contributed by atoms with Crippen LogP contribution in [0.1, 0.15) is 58.5 Å². The van der Waals surface area contributed by atoms with Crippen LogP contribution in [0.3, 0.4) is 0 Å². The Kier molecular flexibility index (Phi) is 5.20. The number of halogens is 1. The van der Waals surface area contributed by atoms with E-state index in [1.165, 1.54) is 6.20 Å². The number of Topliss-reactive ketones (excluding diaryl/α,β-unsaturated/α-hetero) is 1. The Labute approximate surface area is 126 Å². The standard InChI is InChI=1S/C16H24ClNO2/c1-15(2,3)7-8-20-13-10-18-12(9-11(13)17)14(19)16(4,5)6/h9-10H,7-8H2,1-6H3. The Hall–Kier alpha value is -1.09. The van der Waals surface area contributed by atoms with E-state index in [2.05, 4.69) is 25.8 Å². The first-order chi connectivity index (χ1) is 9.00. The van der Waals surface area contributed by atoms with Crippen molar-refractivity contribution >= 4 is 17.4 Å². The molecule has 0 saturated carbocycles. The van der Waals surface area contributed by atoms with Crippen LogP contribution in [0.4, 0.5) is 0 Å². The van der Waals surface area contributed by atoms with E-state index < -0.39 is 5.41 Å². The maximum atomic E-state index is 12.1. The highest BCUT2D eigenvalue weighted by Gasteiger charge is 2.24. The molecular formula is C16H24ClNO2. The molecule has 0 spiro atoms.